The highest BCUT2D eigenvalue weighted by Gasteiger charge is 2.15. The monoisotopic (exact) mass is 247 g/mol. The van der Waals surface area contributed by atoms with Gasteiger partial charge in [-0.2, -0.15) is 0 Å². The second-order valence-electron chi connectivity index (χ2n) is 5.42. The molecule has 1 aliphatic carbocycles. The van der Waals surface area contributed by atoms with E-state index in [2.05, 4.69) is 53.5 Å². The first kappa shape index (κ1) is 10.9. The van der Waals surface area contributed by atoms with Gasteiger partial charge in [0.15, 0.2) is 0 Å². The average Bonchev–Trinajstić information content (AvgIpc) is 2.86. The molecule has 0 fully saturated rings. The van der Waals surface area contributed by atoms with Crippen LogP contribution in [0.5, 0.6) is 0 Å². The number of fused-ring (bicyclic) bond motifs is 3. The van der Waals surface area contributed by atoms with Gasteiger partial charge in [0.2, 0.25) is 0 Å². The summed E-state index contributed by atoms with van der Waals surface area (Å²) in [6.45, 7) is 0. The molecule has 0 amide bonds. The van der Waals surface area contributed by atoms with Gasteiger partial charge in [-0.25, -0.2) is 0 Å². The Labute approximate surface area is 113 Å². The third-order valence-corrected chi connectivity index (χ3v) is 4.21. The molecule has 19 heavy (non-hydrogen) atoms. The SMILES string of the molecule is c1ccc(-c2ccc3[nH]c4c(c3c2)CCCC4)cc1. The summed E-state index contributed by atoms with van der Waals surface area (Å²) in [6.07, 6.45) is 5.10. The third kappa shape index (κ3) is 1.77. The van der Waals surface area contributed by atoms with E-state index < -0.39 is 0 Å². The van der Waals surface area contributed by atoms with E-state index in [0.717, 1.165) is 0 Å². The van der Waals surface area contributed by atoms with Crippen LogP contribution in [0.2, 0.25) is 0 Å². The van der Waals surface area contributed by atoms with E-state index in [4.69, 9.17) is 0 Å². The van der Waals surface area contributed by atoms with E-state index in [9.17, 15) is 0 Å². The third-order valence-electron chi connectivity index (χ3n) is 4.21. The van der Waals surface area contributed by atoms with Gasteiger partial charge in [-0.1, -0.05) is 36.4 Å². The lowest BCUT2D eigenvalue weighted by atomic mass is 9.94. The maximum atomic E-state index is 3.59. The molecule has 2 aromatic carbocycles. The van der Waals surface area contributed by atoms with Gasteiger partial charge < -0.3 is 4.98 Å². The van der Waals surface area contributed by atoms with Crippen LogP contribution in [0.25, 0.3) is 22.0 Å². The number of aromatic nitrogens is 1. The fourth-order valence-corrected chi connectivity index (χ4v) is 3.22. The van der Waals surface area contributed by atoms with Crippen LogP contribution in [0.4, 0.5) is 0 Å². The van der Waals surface area contributed by atoms with Crippen LogP contribution in [0, 0.1) is 0 Å². The first-order valence-corrected chi connectivity index (χ1v) is 7.11. The maximum absolute atomic E-state index is 3.59. The van der Waals surface area contributed by atoms with E-state index >= 15 is 0 Å². The molecule has 1 heterocycles. The highest BCUT2D eigenvalue weighted by atomic mass is 14.7. The normalized spacial score (nSPS) is 14.5. The number of hydrogen-bond acceptors (Lipinski definition) is 0. The zero-order valence-corrected chi connectivity index (χ0v) is 10.9. The lowest BCUT2D eigenvalue weighted by Gasteiger charge is -2.10. The molecule has 1 heteroatoms. The Hall–Kier alpha value is -2.02. The second kappa shape index (κ2) is 4.27. The van der Waals surface area contributed by atoms with Crippen molar-refractivity contribution in [3.8, 4) is 11.1 Å². The number of H-pyrrole nitrogens is 1. The molecule has 0 saturated carbocycles. The molecule has 0 bridgehead atoms. The number of benzene rings is 2. The Balaban J connectivity index is 1.91. The molecule has 0 saturated heterocycles. The van der Waals surface area contributed by atoms with Crippen molar-refractivity contribution in [2.75, 3.05) is 0 Å². The van der Waals surface area contributed by atoms with Gasteiger partial charge in [0.05, 0.1) is 0 Å². The fraction of sp³-hybridized carbons (Fsp3) is 0.222. The van der Waals surface area contributed by atoms with Gasteiger partial charge in [0.1, 0.15) is 0 Å². The highest BCUT2D eigenvalue weighted by molar-refractivity contribution is 5.89. The summed E-state index contributed by atoms with van der Waals surface area (Å²) in [6, 6.07) is 17.4. The summed E-state index contributed by atoms with van der Waals surface area (Å²) >= 11 is 0. The molecular weight excluding hydrogens is 230 g/mol. The van der Waals surface area contributed by atoms with Crippen molar-refractivity contribution in [3.05, 3.63) is 59.8 Å². The predicted octanol–water partition coefficient (Wildman–Crippen LogP) is 4.71. The van der Waals surface area contributed by atoms with Crippen LogP contribution < -0.4 is 0 Å². The zero-order chi connectivity index (χ0) is 12.7. The summed E-state index contributed by atoms with van der Waals surface area (Å²) in [5, 5.41) is 1.43. The van der Waals surface area contributed by atoms with Crippen molar-refractivity contribution in [2.45, 2.75) is 25.7 Å². The Morgan fingerprint density at radius 2 is 1.63 bits per heavy atom. The molecule has 0 atom stereocenters. The molecule has 1 aromatic heterocycles. The minimum Gasteiger partial charge on any atom is -0.358 e. The average molecular weight is 247 g/mol. The van der Waals surface area contributed by atoms with E-state index in [0.29, 0.717) is 0 Å². The number of nitrogens with one attached hydrogen (secondary N) is 1. The van der Waals surface area contributed by atoms with Gasteiger partial charge in [0, 0.05) is 16.6 Å². The smallest absolute Gasteiger partial charge is 0.0459 e. The first-order chi connectivity index (χ1) is 9.42. The molecule has 1 aliphatic rings. The molecule has 1 nitrogen and oxygen atoms in total. The minimum atomic E-state index is 1.21. The van der Waals surface area contributed by atoms with Gasteiger partial charge in [-0.15, -0.1) is 0 Å². The summed E-state index contributed by atoms with van der Waals surface area (Å²) < 4.78 is 0. The lowest BCUT2D eigenvalue weighted by Crippen LogP contribution is -1.99. The summed E-state index contributed by atoms with van der Waals surface area (Å²) in [7, 11) is 0. The van der Waals surface area contributed by atoms with Crippen molar-refractivity contribution in [1.82, 2.24) is 4.98 Å². The van der Waals surface area contributed by atoms with E-state index in [-0.39, 0.29) is 0 Å². The number of rotatable bonds is 1. The Kier molecular flexibility index (Phi) is 2.44. The van der Waals surface area contributed by atoms with E-state index in [1.165, 1.54) is 53.4 Å². The topological polar surface area (TPSA) is 15.8 Å². The van der Waals surface area contributed by atoms with Gasteiger partial charge >= 0.3 is 0 Å². The van der Waals surface area contributed by atoms with Crippen molar-refractivity contribution in [3.63, 3.8) is 0 Å². The van der Waals surface area contributed by atoms with Crippen molar-refractivity contribution in [2.24, 2.45) is 0 Å². The summed E-state index contributed by atoms with van der Waals surface area (Å²) in [4.78, 5) is 3.59. The molecule has 0 aliphatic heterocycles. The minimum absolute atomic E-state index is 1.21. The molecule has 1 N–H and O–H groups in total. The quantitative estimate of drug-likeness (QED) is 0.640. The van der Waals surface area contributed by atoms with Crippen LogP contribution >= 0.6 is 0 Å². The summed E-state index contributed by atoms with van der Waals surface area (Å²) in [5.74, 6) is 0. The lowest BCUT2D eigenvalue weighted by molar-refractivity contribution is 0.680. The largest absolute Gasteiger partial charge is 0.358 e. The standard InChI is InChI=1S/C18H17N/c1-2-6-13(7-3-1)14-10-11-18-16(12-14)15-8-4-5-9-17(15)19-18/h1-3,6-7,10-12,19H,4-5,8-9H2. The fourth-order valence-electron chi connectivity index (χ4n) is 3.22. The van der Waals surface area contributed by atoms with Gasteiger partial charge in [0.25, 0.3) is 0 Å². The Bertz CT molecular complexity index is 722. The maximum Gasteiger partial charge on any atom is 0.0459 e. The highest BCUT2D eigenvalue weighted by Crippen LogP contribution is 2.32. The summed E-state index contributed by atoms with van der Waals surface area (Å²) in [5.41, 5.74) is 6.94. The van der Waals surface area contributed by atoms with E-state index in [1.807, 2.05) is 0 Å². The molecule has 4 rings (SSSR count). The number of hydrogen-bond donors (Lipinski definition) is 1. The molecule has 94 valence electrons. The van der Waals surface area contributed by atoms with Gasteiger partial charge in [-0.05, 0) is 54.5 Å². The number of aryl methyl sites for hydroxylation is 2. The molecule has 0 radical (unpaired) electrons. The predicted molar refractivity (Wildman–Crippen MR) is 80.4 cm³/mol. The van der Waals surface area contributed by atoms with Crippen LogP contribution in [0.1, 0.15) is 24.1 Å². The Morgan fingerprint density at radius 3 is 2.53 bits per heavy atom. The molecule has 3 aromatic rings. The molecule has 0 spiro atoms. The number of aromatic amines is 1. The zero-order valence-electron chi connectivity index (χ0n) is 10.9. The first-order valence-electron chi connectivity index (χ1n) is 7.11. The van der Waals surface area contributed by atoms with E-state index in [1.54, 1.807) is 5.56 Å². The van der Waals surface area contributed by atoms with Crippen molar-refractivity contribution >= 4 is 10.9 Å². The Morgan fingerprint density at radius 1 is 0.789 bits per heavy atom. The van der Waals surface area contributed by atoms with Crippen molar-refractivity contribution in [1.29, 1.82) is 0 Å². The van der Waals surface area contributed by atoms with Crippen LogP contribution in [0.3, 0.4) is 0 Å². The van der Waals surface area contributed by atoms with Crippen LogP contribution in [0.15, 0.2) is 48.5 Å². The molecular formula is C18H17N. The van der Waals surface area contributed by atoms with Crippen LogP contribution in [-0.2, 0) is 12.8 Å². The van der Waals surface area contributed by atoms with Gasteiger partial charge in [-0.3, -0.25) is 0 Å². The second-order valence-corrected chi connectivity index (χ2v) is 5.42. The van der Waals surface area contributed by atoms with Crippen molar-refractivity contribution < 1.29 is 0 Å². The van der Waals surface area contributed by atoms with Crippen LogP contribution in [-0.4, -0.2) is 4.98 Å². The molecule has 0 unspecified atom stereocenters.